The molecule has 0 bridgehead atoms. The second-order valence-electron chi connectivity index (χ2n) is 5.45. The van der Waals surface area contributed by atoms with Gasteiger partial charge in [0.05, 0.1) is 15.4 Å². The highest BCUT2D eigenvalue weighted by Gasteiger charge is 2.37. The summed E-state index contributed by atoms with van der Waals surface area (Å²) in [5, 5.41) is 4.97. The summed E-state index contributed by atoms with van der Waals surface area (Å²) in [5.41, 5.74) is -0.922. The average Bonchev–Trinajstić information content (AvgIpc) is 2.53. The van der Waals surface area contributed by atoms with Crippen LogP contribution in [-0.2, 0) is 26.2 Å². The zero-order valence-electron chi connectivity index (χ0n) is 13.4. The van der Waals surface area contributed by atoms with Crippen molar-refractivity contribution in [2.75, 3.05) is 0 Å². The second kappa shape index (κ2) is 6.99. The first-order chi connectivity index (χ1) is 11.8. The number of benzene rings is 2. The largest absolute Gasteiger partial charge is 0.417 e. The Balaban J connectivity index is 2.33. The zero-order chi connectivity index (χ0) is 19.8. The fourth-order valence-electron chi connectivity index (χ4n) is 2.25. The summed E-state index contributed by atoms with van der Waals surface area (Å²) >= 11 is 0. The molecule has 0 amide bonds. The highest BCUT2D eigenvalue weighted by Crippen LogP contribution is 2.34. The number of halogens is 3. The van der Waals surface area contributed by atoms with Crippen LogP contribution in [0.1, 0.15) is 24.1 Å². The molecule has 0 unspecified atom stereocenters. The van der Waals surface area contributed by atoms with Crippen LogP contribution in [0.3, 0.4) is 0 Å². The van der Waals surface area contributed by atoms with Crippen molar-refractivity contribution in [3.05, 3.63) is 59.7 Å². The number of nitrogens with two attached hydrogens (primary N) is 1. The molecule has 0 aromatic heterocycles. The molecule has 1 atom stereocenters. The van der Waals surface area contributed by atoms with Crippen molar-refractivity contribution >= 4 is 20.0 Å². The highest BCUT2D eigenvalue weighted by molar-refractivity contribution is 7.89. The molecule has 26 heavy (non-hydrogen) atoms. The van der Waals surface area contributed by atoms with E-state index in [1.54, 1.807) is 0 Å². The maximum atomic E-state index is 13.0. The third-order valence-electron chi connectivity index (χ3n) is 3.52. The monoisotopic (exact) mass is 408 g/mol. The van der Waals surface area contributed by atoms with Gasteiger partial charge in [0.2, 0.25) is 20.0 Å². The summed E-state index contributed by atoms with van der Waals surface area (Å²) in [6, 6.07) is 7.92. The van der Waals surface area contributed by atoms with Gasteiger partial charge in [0.15, 0.2) is 0 Å². The number of hydrogen-bond donors (Lipinski definition) is 2. The minimum Gasteiger partial charge on any atom is -0.225 e. The molecular weight excluding hydrogens is 393 g/mol. The predicted octanol–water partition coefficient (Wildman–Crippen LogP) is 2.39. The minimum atomic E-state index is -4.83. The third-order valence-corrected chi connectivity index (χ3v) is 6.05. The van der Waals surface area contributed by atoms with Crippen molar-refractivity contribution < 1.29 is 30.0 Å². The van der Waals surface area contributed by atoms with E-state index in [0.717, 1.165) is 12.1 Å². The molecule has 0 aliphatic heterocycles. The average molecular weight is 408 g/mol. The van der Waals surface area contributed by atoms with Crippen molar-refractivity contribution in [1.82, 2.24) is 4.72 Å². The van der Waals surface area contributed by atoms with Crippen LogP contribution < -0.4 is 9.86 Å². The molecule has 2 aromatic carbocycles. The van der Waals surface area contributed by atoms with Gasteiger partial charge in [0, 0.05) is 6.04 Å². The lowest BCUT2D eigenvalue weighted by atomic mass is 10.1. The Morgan fingerprint density at radius 2 is 1.50 bits per heavy atom. The van der Waals surface area contributed by atoms with Gasteiger partial charge in [0.25, 0.3) is 0 Å². The Bertz CT molecular complexity index is 1000. The van der Waals surface area contributed by atoms with Gasteiger partial charge in [0.1, 0.15) is 0 Å². The van der Waals surface area contributed by atoms with Gasteiger partial charge in [-0.15, -0.1) is 0 Å². The van der Waals surface area contributed by atoms with E-state index in [1.165, 1.54) is 37.3 Å². The molecule has 2 aromatic rings. The molecule has 0 spiro atoms. The number of primary sulfonamides is 1. The van der Waals surface area contributed by atoms with Gasteiger partial charge in [-0.05, 0) is 36.8 Å². The lowest BCUT2D eigenvalue weighted by Crippen LogP contribution is -2.29. The van der Waals surface area contributed by atoms with Crippen molar-refractivity contribution in [3.8, 4) is 0 Å². The van der Waals surface area contributed by atoms with Gasteiger partial charge >= 0.3 is 6.18 Å². The molecule has 2 rings (SSSR count). The molecule has 142 valence electrons. The van der Waals surface area contributed by atoms with Crippen LogP contribution >= 0.6 is 0 Å². The van der Waals surface area contributed by atoms with E-state index >= 15 is 0 Å². The van der Waals surface area contributed by atoms with E-state index in [4.69, 9.17) is 5.14 Å². The van der Waals surface area contributed by atoms with Crippen LogP contribution in [0.4, 0.5) is 13.2 Å². The molecule has 0 aliphatic carbocycles. The van der Waals surface area contributed by atoms with E-state index in [0.29, 0.717) is 11.6 Å². The van der Waals surface area contributed by atoms with Gasteiger partial charge in [-0.1, -0.05) is 24.3 Å². The molecule has 0 heterocycles. The molecule has 3 N–H and O–H groups in total. The van der Waals surface area contributed by atoms with Crippen LogP contribution in [0.2, 0.25) is 0 Å². The van der Waals surface area contributed by atoms with Gasteiger partial charge in [-0.2, -0.15) is 13.2 Å². The van der Waals surface area contributed by atoms with E-state index in [9.17, 15) is 30.0 Å². The molecule has 0 radical (unpaired) electrons. The zero-order valence-corrected chi connectivity index (χ0v) is 15.0. The van der Waals surface area contributed by atoms with Crippen LogP contribution in [0.15, 0.2) is 58.3 Å². The maximum Gasteiger partial charge on any atom is 0.417 e. The Labute approximate surface area is 148 Å². The SMILES string of the molecule is C[C@H](NS(=O)(=O)c1ccccc1C(F)(F)F)c1ccc(S(N)(=O)=O)cc1. The lowest BCUT2D eigenvalue weighted by Gasteiger charge is -2.18. The Hall–Kier alpha value is -1.95. The van der Waals surface area contributed by atoms with Gasteiger partial charge in [-0.25, -0.2) is 26.7 Å². The quantitative estimate of drug-likeness (QED) is 0.792. The maximum absolute atomic E-state index is 13.0. The van der Waals surface area contributed by atoms with E-state index in [2.05, 4.69) is 4.72 Å². The first kappa shape index (κ1) is 20.4. The second-order valence-corrected chi connectivity index (χ2v) is 8.69. The molecule has 0 fully saturated rings. The molecule has 0 saturated heterocycles. The number of alkyl halides is 3. The Kier molecular flexibility index (Phi) is 5.47. The summed E-state index contributed by atoms with van der Waals surface area (Å²) in [7, 11) is -8.38. The van der Waals surface area contributed by atoms with Gasteiger partial charge in [-0.3, -0.25) is 0 Å². The standard InChI is InChI=1S/C15H15F3N2O4S2/c1-10(11-6-8-12(9-7-11)25(19,21)22)20-26(23,24)14-5-3-2-4-13(14)15(16,17)18/h2-10,20H,1H3,(H2,19,21,22)/t10-/m0/s1. The van der Waals surface area contributed by atoms with Crippen molar-refractivity contribution in [2.24, 2.45) is 5.14 Å². The topological polar surface area (TPSA) is 106 Å². The first-order valence-electron chi connectivity index (χ1n) is 7.14. The van der Waals surface area contributed by atoms with E-state index < -0.39 is 42.7 Å². The van der Waals surface area contributed by atoms with Crippen molar-refractivity contribution in [3.63, 3.8) is 0 Å². The lowest BCUT2D eigenvalue weighted by molar-refractivity contribution is -0.139. The number of nitrogens with one attached hydrogen (secondary N) is 1. The molecule has 11 heteroatoms. The fraction of sp³-hybridized carbons (Fsp3) is 0.200. The smallest absolute Gasteiger partial charge is 0.225 e. The predicted molar refractivity (Wildman–Crippen MR) is 88.0 cm³/mol. The Morgan fingerprint density at radius 3 is 2.00 bits per heavy atom. The van der Waals surface area contributed by atoms with Crippen molar-refractivity contribution in [2.45, 2.75) is 28.9 Å². The summed E-state index contributed by atoms with van der Waals surface area (Å²) < 4.78 is 88.5. The number of rotatable bonds is 5. The van der Waals surface area contributed by atoms with Crippen LogP contribution in [0.25, 0.3) is 0 Å². The summed E-state index contributed by atoms with van der Waals surface area (Å²) in [4.78, 5) is -1.06. The molecule has 6 nitrogen and oxygen atoms in total. The normalized spacial score (nSPS) is 14.2. The van der Waals surface area contributed by atoms with E-state index in [-0.39, 0.29) is 4.90 Å². The van der Waals surface area contributed by atoms with Crippen LogP contribution in [0, 0.1) is 0 Å². The van der Waals surface area contributed by atoms with E-state index in [1.807, 2.05) is 0 Å². The summed E-state index contributed by atoms with van der Waals surface area (Å²) in [6.07, 6.45) is -4.83. The summed E-state index contributed by atoms with van der Waals surface area (Å²) in [6.45, 7) is 1.42. The van der Waals surface area contributed by atoms with Gasteiger partial charge < -0.3 is 0 Å². The number of sulfonamides is 2. The van der Waals surface area contributed by atoms with Crippen LogP contribution in [0.5, 0.6) is 0 Å². The molecular formula is C15H15F3N2O4S2. The van der Waals surface area contributed by atoms with Crippen LogP contribution in [-0.4, -0.2) is 16.8 Å². The third kappa shape index (κ3) is 4.61. The molecule has 0 saturated carbocycles. The first-order valence-corrected chi connectivity index (χ1v) is 10.2. The Morgan fingerprint density at radius 1 is 0.962 bits per heavy atom. The van der Waals surface area contributed by atoms with Crippen molar-refractivity contribution in [1.29, 1.82) is 0 Å². The number of hydrogen-bond acceptors (Lipinski definition) is 4. The molecule has 0 aliphatic rings. The highest BCUT2D eigenvalue weighted by atomic mass is 32.2. The minimum absolute atomic E-state index is 0.168. The summed E-state index contributed by atoms with van der Waals surface area (Å²) in [5.74, 6) is 0. The fourth-order valence-corrected chi connectivity index (χ4v) is 4.22.